The van der Waals surface area contributed by atoms with Crippen molar-refractivity contribution >= 4 is 24.3 Å². The largest absolute Gasteiger partial charge is 0.488 e. The predicted octanol–water partition coefficient (Wildman–Crippen LogP) is 2.74. The van der Waals surface area contributed by atoms with Gasteiger partial charge in [0.2, 0.25) is 5.91 Å². The fourth-order valence-corrected chi connectivity index (χ4v) is 8.25. The van der Waals surface area contributed by atoms with Crippen molar-refractivity contribution in [1.82, 2.24) is 9.80 Å². The number of amides is 1. The summed E-state index contributed by atoms with van der Waals surface area (Å²) in [5, 5.41) is 19.2. The normalized spacial score (nSPS) is 32.3. The van der Waals surface area contributed by atoms with Gasteiger partial charge in [-0.25, -0.2) is 0 Å². The van der Waals surface area contributed by atoms with Gasteiger partial charge in [0.05, 0.1) is 0 Å². The molecule has 3 fully saturated rings. The number of ketones is 1. The number of aryl methyl sites for hydroxylation is 1. The van der Waals surface area contributed by atoms with Gasteiger partial charge >= 0.3 is 7.12 Å². The molecule has 2 saturated carbocycles. The van der Waals surface area contributed by atoms with Crippen molar-refractivity contribution in [2.75, 3.05) is 26.2 Å². The van der Waals surface area contributed by atoms with E-state index in [1.807, 2.05) is 17.0 Å². The molecular weight excluding hydrogens is 451 g/mol. The van der Waals surface area contributed by atoms with Crippen LogP contribution >= 0.6 is 0 Å². The third-order valence-electron chi connectivity index (χ3n) is 10.3. The van der Waals surface area contributed by atoms with Crippen LogP contribution in [0.2, 0.25) is 0 Å². The van der Waals surface area contributed by atoms with Crippen LogP contribution < -0.4 is 5.46 Å². The molecule has 1 heterocycles. The molecule has 6 nitrogen and oxygen atoms in total. The molecule has 0 spiro atoms. The van der Waals surface area contributed by atoms with E-state index in [0.717, 1.165) is 64.7 Å². The van der Waals surface area contributed by atoms with Crippen LogP contribution in [0.5, 0.6) is 0 Å². The fourth-order valence-electron chi connectivity index (χ4n) is 8.25. The molecule has 0 aromatic heterocycles. The van der Waals surface area contributed by atoms with Crippen LogP contribution in [0.4, 0.5) is 0 Å². The lowest BCUT2D eigenvalue weighted by molar-refractivity contribution is -0.133. The average Bonchev–Trinajstić information content (AvgIpc) is 3.13. The third kappa shape index (κ3) is 4.67. The lowest BCUT2D eigenvalue weighted by Gasteiger charge is -2.50. The summed E-state index contributed by atoms with van der Waals surface area (Å²) in [6.07, 6.45) is 7.08. The number of hydrogen-bond acceptors (Lipinski definition) is 5. The van der Waals surface area contributed by atoms with Gasteiger partial charge in [0.25, 0.3) is 0 Å². The number of carbonyl (C=O) groups is 2. The number of benzene rings is 1. The standard InChI is InChI=1S/C29H43BN2O4/c1-19(2)31-13-15-32(16-14-31)27(34)6-4-5-21-18-26(33)29(3)12-11-24-23-10-8-22(30(35)36)17-20(23)7-9-25(24)28(21)29/h8,10,17,19,21,24-25,28,35-36H,4-7,9,11-16,18H2,1-3H3/t21-,24+,25+,28-,29+/m0/s1. The molecule has 5 rings (SSSR count). The average molecular weight is 494 g/mol. The maximum Gasteiger partial charge on any atom is 0.488 e. The van der Waals surface area contributed by atoms with Crippen molar-refractivity contribution in [3.8, 4) is 0 Å². The number of piperazine rings is 1. The Kier molecular flexibility index (Phi) is 7.37. The Bertz CT molecular complexity index is 989. The minimum atomic E-state index is -1.43. The Morgan fingerprint density at radius 2 is 1.92 bits per heavy atom. The molecule has 36 heavy (non-hydrogen) atoms. The second-order valence-corrected chi connectivity index (χ2v) is 12.4. The predicted molar refractivity (Wildman–Crippen MR) is 142 cm³/mol. The van der Waals surface area contributed by atoms with Crippen LogP contribution in [0.1, 0.15) is 82.8 Å². The maximum atomic E-state index is 13.3. The van der Waals surface area contributed by atoms with E-state index in [1.165, 1.54) is 11.1 Å². The number of carbonyl (C=O) groups excluding carboxylic acids is 2. The quantitative estimate of drug-likeness (QED) is 0.595. The molecule has 1 aromatic carbocycles. The van der Waals surface area contributed by atoms with Gasteiger partial charge in [0.1, 0.15) is 5.78 Å². The first-order valence-electron chi connectivity index (χ1n) is 14.2. The first-order chi connectivity index (χ1) is 17.2. The molecule has 3 aliphatic carbocycles. The Morgan fingerprint density at radius 1 is 1.17 bits per heavy atom. The molecule has 1 aromatic rings. The van der Waals surface area contributed by atoms with E-state index in [1.54, 1.807) is 0 Å². The molecule has 5 atom stereocenters. The van der Waals surface area contributed by atoms with Gasteiger partial charge in [-0.2, -0.15) is 0 Å². The maximum absolute atomic E-state index is 13.3. The monoisotopic (exact) mass is 494 g/mol. The Hall–Kier alpha value is -1.70. The van der Waals surface area contributed by atoms with Crippen LogP contribution in [0.25, 0.3) is 0 Å². The second-order valence-electron chi connectivity index (χ2n) is 12.4. The molecule has 196 valence electrons. The molecule has 0 radical (unpaired) electrons. The lowest BCUT2D eigenvalue weighted by atomic mass is 9.53. The van der Waals surface area contributed by atoms with Crippen LogP contribution in [-0.4, -0.2) is 70.9 Å². The molecule has 1 saturated heterocycles. The highest BCUT2D eigenvalue weighted by Gasteiger charge is 2.58. The van der Waals surface area contributed by atoms with E-state index in [4.69, 9.17) is 0 Å². The van der Waals surface area contributed by atoms with E-state index < -0.39 is 7.12 Å². The smallest absolute Gasteiger partial charge is 0.423 e. The van der Waals surface area contributed by atoms with Gasteiger partial charge in [0, 0.05) is 50.5 Å². The first-order valence-corrected chi connectivity index (χ1v) is 14.2. The van der Waals surface area contributed by atoms with Crippen LogP contribution in [0, 0.1) is 23.2 Å². The summed E-state index contributed by atoms with van der Waals surface area (Å²) in [6, 6.07) is 6.45. The van der Waals surface area contributed by atoms with E-state index in [-0.39, 0.29) is 11.3 Å². The van der Waals surface area contributed by atoms with Crippen molar-refractivity contribution in [2.45, 2.75) is 84.1 Å². The van der Waals surface area contributed by atoms with E-state index in [0.29, 0.717) is 53.8 Å². The highest BCUT2D eigenvalue weighted by Crippen LogP contribution is 2.62. The lowest BCUT2D eigenvalue weighted by Crippen LogP contribution is -2.50. The van der Waals surface area contributed by atoms with Crippen molar-refractivity contribution < 1.29 is 19.6 Å². The van der Waals surface area contributed by atoms with Gasteiger partial charge < -0.3 is 14.9 Å². The molecule has 0 unspecified atom stereocenters. The first kappa shape index (κ1) is 25.9. The van der Waals surface area contributed by atoms with Crippen molar-refractivity contribution in [1.29, 1.82) is 0 Å². The minimum Gasteiger partial charge on any atom is -0.423 e. The zero-order valence-electron chi connectivity index (χ0n) is 22.3. The molecule has 4 aliphatic rings. The van der Waals surface area contributed by atoms with Crippen molar-refractivity contribution in [2.24, 2.45) is 23.2 Å². The Balaban J connectivity index is 1.23. The number of rotatable bonds is 6. The van der Waals surface area contributed by atoms with Crippen LogP contribution in [0.15, 0.2) is 18.2 Å². The van der Waals surface area contributed by atoms with Gasteiger partial charge in [-0.1, -0.05) is 25.1 Å². The SMILES string of the molecule is CC(C)N1CCN(C(=O)CCC[C@H]2CC(=O)[C@@]3(C)CC[C@@H]4c5ccc(B(O)O)cc5CC[C@H]4[C@H]23)CC1. The molecule has 0 bridgehead atoms. The molecule has 2 N–H and O–H groups in total. The summed E-state index contributed by atoms with van der Waals surface area (Å²) < 4.78 is 0. The number of nitrogens with zero attached hydrogens (tertiary/aromatic N) is 2. The highest BCUT2D eigenvalue weighted by atomic mass is 16.4. The highest BCUT2D eigenvalue weighted by molar-refractivity contribution is 6.58. The van der Waals surface area contributed by atoms with E-state index in [2.05, 4.69) is 31.7 Å². The Morgan fingerprint density at radius 3 is 2.61 bits per heavy atom. The number of Topliss-reactive ketones (excluding diaryl/α,β-unsaturated/α-hetero) is 1. The third-order valence-corrected chi connectivity index (χ3v) is 10.3. The fraction of sp³-hybridized carbons (Fsp3) is 0.724. The van der Waals surface area contributed by atoms with E-state index in [9.17, 15) is 19.6 Å². The van der Waals surface area contributed by atoms with Gasteiger partial charge in [0.15, 0.2) is 0 Å². The topological polar surface area (TPSA) is 81.1 Å². The Labute approximate surface area is 216 Å². The van der Waals surface area contributed by atoms with Crippen LogP contribution in [0.3, 0.4) is 0 Å². The zero-order valence-corrected chi connectivity index (χ0v) is 22.3. The molecule has 1 aliphatic heterocycles. The summed E-state index contributed by atoms with van der Waals surface area (Å²) >= 11 is 0. The minimum absolute atomic E-state index is 0.220. The van der Waals surface area contributed by atoms with Gasteiger partial charge in [-0.3, -0.25) is 14.5 Å². The summed E-state index contributed by atoms with van der Waals surface area (Å²) in [6.45, 7) is 10.2. The van der Waals surface area contributed by atoms with Gasteiger partial charge in [-0.05, 0) is 92.6 Å². The number of hydrogen-bond donors (Lipinski definition) is 2. The molecule has 7 heteroatoms. The number of fused-ring (bicyclic) bond motifs is 5. The summed E-state index contributed by atoms with van der Waals surface area (Å²) in [5.41, 5.74) is 2.94. The van der Waals surface area contributed by atoms with E-state index >= 15 is 0 Å². The summed E-state index contributed by atoms with van der Waals surface area (Å²) in [7, 11) is -1.43. The van der Waals surface area contributed by atoms with Crippen molar-refractivity contribution in [3.63, 3.8) is 0 Å². The second kappa shape index (κ2) is 10.2. The zero-order chi connectivity index (χ0) is 25.6. The summed E-state index contributed by atoms with van der Waals surface area (Å²) in [4.78, 5) is 30.6. The molecule has 1 amide bonds. The molecular formula is C29H43BN2O4. The summed E-state index contributed by atoms with van der Waals surface area (Å²) in [5.74, 6) is 2.43. The van der Waals surface area contributed by atoms with Gasteiger partial charge in [-0.15, -0.1) is 0 Å². The van der Waals surface area contributed by atoms with Crippen molar-refractivity contribution in [3.05, 3.63) is 29.3 Å². The van der Waals surface area contributed by atoms with Crippen LogP contribution in [-0.2, 0) is 16.0 Å².